The zero-order valence-electron chi connectivity index (χ0n) is 18.3. The number of ether oxygens (including phenoxy) is 2. The monoisotopic (exact) mass is 484 g/mol. The lowest BCUT2D eigenvalue weighted by Gasteiger charge is -2.09. The summed E-state index contributed by atoms with van der Waals surface area (Å²) < 4.78 is 10.3. The lowest BCUT2D eigenvalue weighted by atomic mass is 10.0. The number of methoxy groups -OCH3 is 1. The van der Waals surface area contributed by atoms with Crippen molar-refractivity contribution < 1.29 is 23.9 Å². The molecule has 0 bridgehead atoms. The van der Waals surface area contributed by atoms with Crippen molar-refractivity contribution in [2.45, 2.75) is 6.92 Å². The first kappa shape index (κ1) is 24.3. The number of carbonyl (C=O) groups excluding carboxylic acids is 3. The summed E-state index contributed by atoms with van der Waals surface area (Å²) in [7, 11) is 1.57. The topological polar surface area (TPSA) is 93.7 Å². The molecule has 0 spiro atoms. The van der Waals surface area contributed by atoms with Gasteiger partial charge in [-0.3, -0.25) is 9.59 Å². The number of anilines is 2. The highest BCUT2D eigenvalue weighted by molar-refractivity contribution is 8.00. The summed E-state index contributed by atoms with van der Waals surface area (Å²) in [4.78, 5) is 37.2. The van der Waals surface area contributed by atoms with Crippen LogP contribution in [0.25, 0.3) is 11.1 Å². The first-order chi connectivity index (χ1) is 16.0. The number of hydrogen-bond donors (Lipinski definition) is 2. The summed E-state index contributed by atoms with van der Waals surface area (Å²) in [6.45, 7) is 1.97. The minimum absolute atomic E-state index is 0.0663. The number of nitrogens with one attached hydrogen (secondary N) is 2. The highest BCUT2D eigenvalue weighted by atomic mass is 32.2. The van der Waals surface area contributed by atoms with Gasteiger partial charge in [-0.05, 0) is 36.8 Å². The summed E-state index contributed by atoms with van der Waals surface area (Å²) in [5.74, 6) is -0.123. The van der Waals surface area contributed by atoms with Gasteiger partial charge in [0.05, 0.1) is 25.2 Å². The zero-order valence-corrected chi connectivity index (χ0v) is 19.9. The van der Waals surface area contributed by atoms with Crippen LogP contribution < -0.4 is 15.4 Å². The van der Waals surface area contributed by atoms with Gasteiger partial charge in [0, 0.05) is 16.6 Å². The van der Waals surface area contributed by atoms with Gasteiger partial charge in [0.2, 0.25) is 11.8 Å². The third-order valence-corrected chi connectivity index (χ3v) is 6.28. The Morgan fingerprint density at radius 2 is 1.61 bits per heavy atom. The van der Waals surface area contributed by atoms with E-state index in [9.17, 15) is 14.4 Å². The molecule has 3 aromatic rings. The molecule has 1 heterocycles. The van der Waals surface area contributed by atoms with Crippen molar-refractivity contribution in [1.82, 2.24) is 0 Å². The SMILES string of the molecule is CCOC(=O)c1c(-c2ccccc2)csc1NC(=O)CSCC(=O)Nc1ccc(OC)cc1. The Balaban J connectivity index is 1.57. The molecule has 33 heavy (non-hydrogen) atoms. The highest BCUT2D eigenvalue weighted by Crippen LogP contribution is 2.36. The maximum atomic E-state index is 12.6. The van der Waals surface area contributed by atoms with Crippen molar-refractivity contribution in [2.24, 2.45) is 0 Å². The van der Waals surface area contributed by atoms with E-state index in [0.717, 1.165) is 5.56 Å². The van der Waals surface area contributed by atoms with E-state index in [4.69, 9.17) is 9.47 Å². The Kier molecular flexibility index (Phi) is 8.91. The van der Waals surface area contributed by atoms with Gasteiger partial charge in [-0.2, -0.15) is 0 Å². The van der Waals surface area contributed by atoms with Crippen LogP contribution in [0.1, 0.15) is 17.3 Å². The molecule has 0 aliphatic rings. The fraction of sp³-hybridized carbons (Fsp3) is 0.208. The summed E-state index contributed by atoms with van der Waals surface area (Å²) in [6.07, 6.45) is 0. The highest BCUT2D eigenvalue weighted by Gasteiger charge is 2.22. The third-order valence-electron chi connectivity index (χ3n) is 4.45. The number of thioether (sulfide) groups is 1. The summed E-state index contributed by atoms with van der Waals surface area (Å²) >= 11 is 2.45. The molecule has 0 saturated carbocycles. The van der Waals surface area contributed by atoms with Crippen LogP contribution in [0.4, 0.5) is 10.7 Å². The van der Waals surface area contributed by atoms with E-state index in [1.807, 2.05) is 35.7 Å². The number of carbonyl (C=O) groups is 3. The predicted molar refractivity (Wildman–Crippen MR) is 133 cm³/mol. The number of benzene rings is 2. The fourth-order valence-electron chi connectivity index (χ4n) is 2.96. The maximum absolute atomic E-state index is 12.6. The van der Waals surface area contributed by atoms with E-state index in [1.165, 1.54) is 23.1 Å². The number of hydrogen-bond acceptors (Lipinski definition) is 7. The normalized spacial score (nSPS) is 10.4. The van der Waals surface area contributed by atoms with Crippen molar-refractivity contribution >= 4 is 51.6 Å². The first-order valence-corrected chi connectivity index (χ1v) is 12.2. The Hall–Kier alpha value is -3.30. The molecule has 0 radical (unpaired) electrons. The largest absolute Gasteiger partial charge is 0.497 e. The van der Waals surface area contributed by atoms with Gasteiger partial charge in [0.25, 0.3) is 0 Å². The summed E-state index contributed by atoms with van der Waals surface area (Å²) in [5.41, 5.74) is 2.56. The van der Waals surface area contributed by atoms with Crippen molar-refractivity contribution in [3.8, 4) is 16.9 Å². The van der Waals surface area contributed by atoms with Crippen LogP contribution in [0.15, 0.2) is 60.0 Å². The number of rotatable bonds is 10. The molecule has 0 saturated heterocycles. The van der Waals surface area contributed by atoms with Gasteiger partial charge in [0.1, 0.15) is 16.3 Å². The molecule has 2 N–H and O–H groups in total. The van der Waals surface area contributed by atoms with E-state index < -0.39 is 5.97 Å². The number of thiophene rings is 1. The second-order valence-electron chi connectivity index (χ2n) is 6.76. The molecular weight excluding hydrogens is 460 g/mol. The van der Waals surface area contributed by atoms with Crippen LogP contribution in [0.3, 0.4) is 0 Å². The van der Waals surface area contributed by atoms with E-state index in [2.05, 4.69) is 10.6 Å². The molecular formula is C24H24N2O5S2. The van der Waals surface area contributed by atoms with Crippen LogP contribution in [0.2, 0.25) is 0 Å². The summed E-state index contributed by atoms with van der Waals surface area (Å²) in [6, 6.07) is 16.4. The molecule has 3 rings (SSSR count). The van der Waals surface area contributed by atoms with E-state index in [0.29, 0.717) is 27.6 Å². The Labute approximate surface area is 200 Å². The van der Waals surface area contributed by atoms with Crippen LogP contribution in [0, 0.1) is 0 Å². The Bertz CT molecular complexity index is 1100. The Morgan fingerprint density at radius 3 is 2.24 bits per heavy atom. The maximum Gasteiger partial charge on any atom is 0.341 e. The van der Waals surface area contributed by atoms with Crippen molar-refractivity contribution in [3.63, 3.8) is 0 Å². The molecule has 0 aliphatic carbocycles. The molecule has 1 aromatic heterocycles. The van der Waals surface area contributed by atoms with Crippen molar-refractivity contribution in [1.29, 1.82) is 0 Å². The van der Waals surface area contributed by atoms with E-state index >= 15 is 0 Å². The van der Waals surface area contributed by atoms with Gasteiger partial charge >= 0.3 is 5.97 Å². The summed E-state index contributed by atoms with van der Waals surface area (Å²) in [5, 5.41) is 7.82. The lowest BCUT2D eigenvalue weighted by molar-refractivity contribution is -0.114. The second kappa shape index (κ2) is 12.1. The van der Waals surface area contributed by atoms with E-state index in [1.54, 1.807) is 38.3 Å². The average molecular weight is 485 g/mol. The van der Waals surface area contributed by atoms with Gasteiger partial charge in [-0.15, -0.1) is 23.1 Å². The van der Waals surface area contributed by atoms with Crippen molar-refractivity contribution in [2.75, 3.05) is 35.9 Å². The van der Waals surface area contributed by atoms with Crippen molar-refractivity contribution in [3.05, 3.63) is 65.5 Å². The van der Waals surface area contributed by atoms with Gasteiger partial charge in [-0.25, -0.2) is 4.79 Å². The van der Waals surface area contributed by atoms with Crippen LogP contribution in [0.5, 0.6) is 5.75 Å². The van der Waals surface area contributed by atoms with Crippen LogP contribution in [-0.2, 0) is 14.3 Å². The Morgan fingerprint density at radius 1 is 0.939 bits per heavy atom. The molecule has 7 nitrogen and oxygen atoms in total. The molecule has 0 aliphatic heterocycles. The van der Waals surface area contributed by atoms with E-state index in [-0.39, 0.29) is 29.9 Å². The molecule has 9 heteroatoms. The number of esters is 1. The molecule has 2 aromatic carbocycles. The third kappa shape index (κ3) is 6.84. The van der Waals surface area contributed by atoms with Gasteiger partial charge in [-0.1, -0.05) is 30.3 Å². The predicted octanol–water partition coefficient (Wildman–Crippen LogP) is 4.91. The lowest BCUT2D eigenvalue weighted by Crippen LogP contribution is -2.19. The molecule has 0 unspecified atom stereocenters. The minimum atomic E-state index is -0.487. The van der Waals surface area contributed by atoms with Gasteiger partial charge < -0.3 is 20.1 Å². The number of amides is 2. The minimum Gasteiger partial charge on any atom is -0.497 e. The first-order valence-electron chi connectivity index (χ1n) is 10.2. The standard InChI is InChI=1S/C24H24N2O5S2/c1-3-31-24(29)22-19(16-7-5-4-6-8-16)13-33-23(22)26-21(28)15-32-14-20(27)25-17-9-11-18(30-2)12-10-17/h4-13H,3,14-15H2,1-2H3,(H,25,27)(H,26,28). The second-order valence-corrected chi connectivity index (χ2v) is 8.62. The van der Waals surface area contributed by atoms with Crippen LogP contribution in [-0.4, -0.2) is 43.0 Å². The molecule has 2 amide bonds. The average Bonchev–Trinajstić information content (AvgIpc) is 3.23. The van der Waals surface area contributed by atoms with Gasteiger partial charge in [0.15, 0.2) is 0 Å². The zero-order chi connectivity index (χ0) is 23.6. The fourth-order valence-corrected chi connectivity index (χ4v) is 4.55. The smallest absolute Gasteiger partial charge is 0.341 e. The quantitative estimate of drug-likeness (QED) is 0.397. The molecule has 0 atom stereocenters. The molecule has 172 valence electrons. The van der Waals surface area contributed by atoms with Crippen LogP contribution >= 0.6 is 23.1 Å². The molecule has 0 fully saturated rings.